The Labute approximate surface area is 113 Å². The molecule has 0 amide bonds. The van der Waals surface area contributed by atoms with Crippen molar-refractivity contribution in [3.63, 3.8) is 0 Å². The SMILES string of the molecule is Cc1cccn2c(CC3CCNCC3)nc(C#N)c12. The molecule has 0 aliphatic carbocycles. The average molecular weight is 254 g/mol. The number of fused-ring (bicyclic) bond motifs is 1. The minimum absolute atomic E-state index is 0.557. The Balaban J connectivity index is 1.99. The molecule has 19 heavy (non-hydrogen) atoms. The maximum absolute atomic E-state index is 9.24. The first-order valence-electron chi connectivity index (χ1n) is 6.87. The van der Waals surface area contributed by atoms with Crippen molar-refractivity contribution in [3.8, 4) is 6.07 Å². The zero-order valence-electron chi connectivity index (χ0n) is 11.2. The van der Waals surface area contributed by atoms with Gasteiger partial charge in [-0.15, -0.1) is 0 Å². The minimum Gasteiger partial charge on any atom is -0.317 e. The lowest BCUT2D eigenvalue weighted by molar-refractivity contribution is 0.367. The molecule has 0 spiro atoms. The lowest BCUT2D eigenvalue weighted by Gasteiger charge is -2.21. The molecule has 0 radical (unpaired) electrons. The Bertz CT molecular complexity index is 629. The highest BCUT2D eigenvalue weighted by atomic mass is 15.0. The van der Waals surface area contributed by atoms with Crippen LogP contribution in [-0.2, 0) is 6.42 Å². The predicted octanol–water partition coefficient (Wildman–Crippen LogP) is 2.06. The smallest absolute Gasteiger partial charge is 0.166 e. The van der Waals surface area contributed by atoms with E-state index in [1.54, 1.807) is 0 Å². The molecule has 0 bridgehead atoms. The van der Waals surface area contributed by atoms with Crippen molar-refractivity contribution in [2.24, 2.45) is 5.92 Å². The summed E-state index contributed by atoms with van der Waals surface area (Å²) in [6.07, 6.45) is 5.38. The highest BCUT2D eigenvalue weighted by Crippen LogP contribution is 2.22. The molecule has 0 atom stereocenters. The topological polar surface area (TPSA) is 53.1 Å². The summed E-state index contributed by atoms with van der Waals surface area (Å²) in [5.74, 6) is 1.71. The van der Waals surface area contributed by atoms with Gasteiger partial charge in [0.1, 0.15) is 11.9 Å². The van der Waals surface area contributed by atoms with E-state index in [9.17, 15) is 5.26 Å². The van der Waals surface area contributed by atoms with Gasteiger partial charge in [-0.3, -0.25) is 0 Å². The number of nitrogens with zero attached hydrogens (tertiary/aromatic N) is 3. The van der Waals surface area contributed by atoms with Crippen LogP contribution in [0, 0.1) is 24.2 Å². The lowest BCUT2D eigenvalue weighted by Crippen LogP contribution is -2.29. The van der Waals surface area contributed by atoms with Gasteiger partial charge in [-0.1, -0.05) is 6.07 Å². The highest BCUT2D eigenvalue weighted by molar-refractivity contribution is 5.63. The molecule has 0 saturated carbocycles. The van der Waals surface area contributed by atoms with E-state index in [-0.39, 0.29) is 0 Å². The summed E-state index contributed by atoms with van der Waals surface area (Å²) in [5, 5.41) is 12.6. The summed E-state index contributed by atoms with van der Waals surface area (Å²) in [4.78, 5) is 4.54. The Morgan fingerprint density at radius 3 is 3.00 bits per heavy atom. The standard InChI is InChI=1S/C15H18N4/c1-11-3-2-8-19-14(18-13(10-16)15(11)19)9-12-4-6-17-7-5-12/h2-3,8,12,17H,4-7,9H2,1H3. The number of hydrogen-bond donors (Lipinski definition) is 1. The number of aryl methyl sites for hydroxylation is 1. The fourth-order valence-electron chi connectivity index (χ4n) is 2.93. The molecule has 0 unspecified atom stereocenters. The van der Waals surface area contributed by atoms with Crippen LogP contribution in [0.4, 0.5) is 0 Å². The average Bonchev–Trinajstić information content (AvgIpc) is 2.80. The van der Waals surface area contributed by atoms with Crippen molar-refractivity contribution in [3.05, 3.63) is 35.4 Å². The third kappa shape index (κ3) is 2.22. The first-order valence-corrected chi connectivity index (χ1v) is 6.87. The molecule has 1 saturated heterocycles. The summed E-state index contributed by atoms with van der Waals surface area (Å²) in [7, 11) is 0. The van der Waals surface area contributed by atoms with Crippen molar-refractivity contribution < 1.29 is 0 Å². The molecule has 2 aromatic heterocycles. The van der Waals surface area contributed by atoms with Gasteiger partial charge >= 0.3 is 0 Å². The van der Waals surface area contributed by atoms with E-state index in [1.165, 1.54) is 12.8 Å². The molecule has 3 heterocycles. The number of imidazole rings is 1. The van der Waals surface area contributed by atoms with Gasteiger partial charge in [-0.2, -0.15) is 5.26 Å². The summed E-state index contributed by atoms with van der Waals surface area (Å²) in [5.41, 5.74) is 2.64. The summed E-state index contributed by atoms with van der Waals surface area (Å²) >= 11 is 0. The fourth-order valence-corrected chi connectivity index (χ4v) is 2.93. The van der Waals surface area contributed by atoms with E-state index in [1.807, 2.05) is 25.3 Å². The van der Waals surface area contributed by atoms with Crippen molar-refractivity contribution in [1.29, 1.82) is 5.26 Å². The van der Waals surface area contributed by atoms with Crippen LogP contribution in [0.25, 0.3) is 5.52 Å². The third-order valence-corrected chi connectivity index (χ3v) is 3.97. The zero-order valence-corrected chi connectivity index (χ0v) is 11.2. The van der Waals surface area contributed by atoms with Gasteiger partial charge in [0.05, 0.1) is 5.52 Å². The van der Waals surface area contributed by atoms with Gasteiger partial charge in [-0.25, -0.2) is 4.98 Å². The summed E-state index contributed by atoms with van der Waals surface area (Å²) in [6.45, 7) is 4.22. The molecule has 1 aliphatic rings. The van der Waals surface area contributed by atoms with Crippen molar-refractivity contribution in [2.45, 2.75) is 26.2 Å². The van der Waals surface area contributed by atoms with Gasteiger partial charge in [0, 0.05) is 12.6 Å². The highest BCUT2D eigenvalue weighted by Gasteiger charge is 2.18. The van der Waals surface area contributed by atoms with Crippen molar-refractivity contribution in [2.75, 3.05) is 13.1 Å². The third-order valence-electron chi connectivity index (χ3n) is 3.97. The molecule has 3 rings (SSSR count). The van der Waals surface area contributed by atoms with Crippen LogP contribution in [0.5, 0.6) is 0 Å². The summed E-state index contributed by atoms with van der Waals surface area (Å²) < 4.78 is 2.09. The van der Waals surface area contributed by atoms with Crippen LogP contribution in [0.15, 0.2) is 18.3 Å². The fraction of sp³-hybridized carbons (Fsp3) is 0.467. The molecule has 4 nitrogen and oxygen atoms in total. The molecular formula is C15H18N4. The number of hydrogen-bond acceptors (Lipinski definition) is 3. The minimum atomic E-state index is 0.557. The Morgan fingerprint density at radius 2 is 2.26 bits per heavy atom. The zero-order chi connectivity index (χ0) is 13.2. The molecule has 1 N–H and O–H groups in total. The van der Waals surface area contributed by atoms with Crippen LogP contribution >= 0.6 is 0 Å². The monoisotopic (exact) mass is 254 g/mol. The first-order chi connectivity index (χ1) is 9.29. The van der Waals surface area contributed by atoms with E-state index >= 15 is 0 Å². The van der Waals surface area contributed by atoms with Gasteiger partial charge < -0.3 is 9.72 Å². The number of piperidine rings is 1. The van der Waals surface area contributed by atoms with Crippen molar-refractivity contribution >= 4 is 5.52 Å². The maximum Gasteiger partial charge on any atom is 0.166 e. The molecule has 2 aromatic rings. The van der Waals surface area contributed by atoms with Gasteiger partial charge in [0.15, 0.2) is 5.69 Å². The maximum atomic E-state index is 9.24. The quantitative estimate of drug-likeness (QED) is 0.892. The normalized spacial score (nSPS) is 16.6. The number of pyridine rings is 1. The molecular weight excluding hydrogens is 236 g/mol. The Morgan fingerprint density at radius 1 is 1.47 bits per heavy atom. The summed E-state index contributed by atoms with van der Waals surface area (Å²) in [6, 6.07) is 6.28. The number of nitriles is 1. The molecule has 1 aliphatic heterocycles. The molecule has 98 valence electrons. The van der Waals surface area contributed by atoms with Gasteiger partial charge in [-0.05, 0) is 50.4 Å². The second-order valence-corrected chi connectivity index (χ2v) is 5.30. The van der Waals surface area contributed by atoms with E-state index < -0.39 is 0 Å². The van der Waals surface area contributed by atoms with E-state index in [0.29, 0.717) is 11.6 Å². The predicted molar refractivity (Wildman–Crippen MR) is 73.9 cm³/mol. The number of nitrogens with one attached hydrogen (secondary N) is 1. The Hall–Kier alpha value is -1.86. The first kappa shape index (κ1) is 12.2. The second kappa shape index (κ2) is 5.02. The van der Waals surface area contributed by atoms with E-state index in [0.717, 1.165) is 36.4 Å². The van der Waals surface area contributed by atoms with E-state index in [2.05, 4.69) is 20.8 Å². The van der Waals surface area contributed by atoms with E-state index in [4.69, 9.17) is 0 Å². The number of aromatic nitrogens is 2. The largest absolute Gasteiger partial charge is 0.317 e. The lowest BCUT2D eigenvalue weighted by atomic mass is 9.94. The van der Waals surface area contributed by atoms with Crippen LogP contribution in [-0.4, -0.2) is 22.5 Å². The van der Waals surface area contributed by atoms with Gasteiger partial charge in [0.25, 0.3) is 0 Å². The van der Waals surface area contributed by atoms with Crippen LogP contribution < -0.4 is 5.32 Å². The van der Waals surface area contributed by atoms with Gasteiger partial charge in [0.2, 0.25) is 0 Å². The molecule has 0 aromatic carbocycles. The van der Waals surface area contributed by atoms with Crippen LogP contribution in [0.3, 0.4) is 0 Å². The Kier molecular flexibility index (Phi) is 3.22. The second-order valence-electron chi connectivity index (χ2n) is 5.30. The van der Waals surface area contributed by atoms with Crippen LogP contribution in [0.1, 0.15) is 29.9 Å². The van der Waals surface area contributed by atoms with Crippen molar-refractivity contribution in [1.82, 2.24) is 14.7 Å². The number of rotatable bonds is 2. The van der Waals surface area contributed by atoms with Crippen LogP contribution in [0.2, 0.25) is 0 Å². The molecule has 4 heteroatoms. The molecule has 1 fully saturated rings.